The standard InChI is InChI=1S/C21H23N3O3/c1-24-12-11-22-21(24)20(16-8-6-9-17(13-16)26-2)23-19(25)14-15-7-4-5-10-18(15)27-3/h4-13,20H,14H2,1-3H3,(H,23,25)/t20-/m1/s1. The molecule has 3 aromatic rings. The Labute approximate surface area is 158 Å². The van der Waals surface area contributed by atoms with Crippen molar-refractivity contribution < 1.29 is 14.3 Å². The molecule has 1 amide bonds. The Morgan fingerprint density at radius 2 is 1.96 bits per heavy atom. The predicted octanol–water partition coefficient (Wildman–Crippen LogP) is 2.89. The number of ether oxygens (including phenoxy) is 2. The minimum absolute atomic E-state index is 0.115. The number of imidazole rings is 1. The summed E-state index contributed by atoms with van der Waals surface area (Å²) in [4.78, 5) is 17.2. The molecule has 27 heavy (non-hydrogen) atoms. The molecule has 3 rings (SSSR count). The summed E-state index contributed by atoms with van der Waals surface area (Å²) < 4.78 is 12.6. The highest BCUT2D eigenvalue weighted by atomic mass is 16.5. The number of aryl methyl sites for hydroxylation is 1. The van der Waals surface area contributed by atoms with E-state index in [4.69, 9.17) is 9.47 Å². The fourth-order valence-corrected chi connectivity index (χ4v) is 3.01. The van der Waals surface area contributed by atoms with Crippen LogP contribution in [0.1, 0.15) is 23.0 Å². The van der Waals surface area contributed by atoms with E-state index in [0.717, 1.165) is 22.7 Å². The number of amides is 1. The van der Waals surface area contributed by atoms with Gasteiger partial charge in [-0.3, -0.25) is 4.79 Å². The Balaban J connectivity index is 1.87. The average Bonchev–Trinajstić information content (AvgIpc) is 3.12. The van der Waals surface area contributed by atoms with Gasteiger partial charge in [-0.2, -0.15) is 0 Å². The van der Waals surface area contributed by atoms with Gasteiger partial charge < -0.3 is 19.4 Å². The first kappa shape index (κ1) is 18.5. The lowest BCUT2D eigenvalue weighted by Gasteiger charge is -2.20. The zero-order chi connectivity index (χ0) is 19.2. The monoisotopic (exact) mass is 365 g/mol. The summed E-state index contributed by atoms with van der Waals surface area (Å²) in [5.74, 6) is 2.06. The van der Waals surface area contributed by atoms with Crippen LogP contribution in [-0.4, -0.2) is 29.7 Å². The largest absolute Gasteiger partial charge is 0.497 e. The molecule has 0 aliphatic heterocycles. The minimum Gasteiger partial charge on any atom is -0.497 e. The summed E-state index contributed by atoms with van der Waals surface area (Å²) in [5.41, 5.74) is 1.73. The maximum absolute atomic E-state index is 12.8. The van der Waals surface area contributed by atoms with Crippen LogP contribution in [-0.2, 0) is 18.3 Å². The highest BCUT2D eigenvalue weighted by molar-refractivity contribution is 5.80. The van der Waals surface area contributed by atoms with Crippen molar-refractivity contribution in [2.75, 3.05) is 14.2 Å². The molecule has 0 saturated carbocycles. The number of hydrogen-bond donors (Lipinski definition) is 1. The van der Waals surface area contributed by atoms with E-state index >= 15 is 0 Å². The quantitative estimate of drug-likeness (QED) is 0.699. The van der Waals surface area contributed by atoms with Gasteiger partial charge in [-0.1, -0.05) is 30.3 Å². The first-order valence-corrected chi connectivity index (χ1v) is 8.64. The van der Waals surface area contributed by atoms with Crippen molar-refractivity contribution in [2.45, 2.75) is 12.5 Å². The van der Waals surface area contributed by atoms with Crippen LogP contribution in [0.4, 0.5) is 0 Å². The van der Waals surface area contributed by atoms with Crippen LogP contribution in [0.15, 0.2) is 60.9 Å². The molecule has 0 aliphatic rings. The van der Waals surface area contributed by atoms with Gasteiger partial charge in [-0.15, -0.1) is 0 Å². The molecular formula is C21H23N3O3. The number of methoxy groups -OCH3 is 2. The van der Waals surface area contributed by atoms with E-state index in [9.17, 15) is 4.79 Å². The molecule has 6 heteroatoms. The third-order valence-corrected chi connectivity index (χ3v) is 4.39. The fraction of sp³-hybridized carbons (Fsp3) is 0.238. The minimum atomic E-state index is -0.387. The molecule has 0 fully saturated rings. The SMILES string of the molecule is COc1cccc([C@@H](NC(=O)Cc2ccccc2OC)c2nccn2C)c1. The van der Waals surface area contributed by atoms with Crippen molar-refractivity contribution in [3.8, 4) is 11.5 Å². The van der Waals surface area contributed by atoms with Gasteiger partial charge in [0.25, 0.3) is 0 Å². The lowest BCUT2D eigenvalue weighted by Crippen LogP contribution is -2.32. The molecule has 0 aliphatic carbocycles. The molecule has 140 valence electrons. The van der Waals surface area contributed by atoms with Crippen LogP contribution in [0.5, 0.6) is 11.5 Å². The Morgan fingerprint density at radius 3 is 2.67 bits per heavy atom. The summed E-state index contributed by atoms with van der Waals surface area (Å²) in [6.07, 6.45) is 3.79. The number of aromatic nitrogens is 2. The molecule has 0 bridgehead atoms. The predicted molar refractivity (Wildman–Crippen MR) is 103 cm³/mol. The third kappa shape index (κ3) is 4.28. The number of para-hydroxylation sites is 1. The number of benzene rings is 2. The van der Waals surface area contributed by atoms with E-state index in [1.165, 1.54) is 0 Å². The van der Waals surface area contributed by atoms with Crippen LogP contribution in [0.2, 0.25) is 0 Å². The molecule has 2 aromatic carbocycles. The number of nitrogens with one attached hydrogen (secondary N) is 1. The maximum Gasteiger partial charge on any atom is 0.225 e. The number of nitrogens with zero attached hydrogens (tertiary/aromatic N) is 2. The van der Waals surface area contributed by atoms with Crippen molar-refractivity contribution >= 4 is 5.91 Å². The van der Waals surface area contributed by atoms with Crippen molar-refractivity contribution in [2.24, 2.45) is 7.05 Å². The van der Waals surface area contributed by atoms with Gasteiger partial charge in [-0.25, -0.2) is 4.98 Å². The zero-order valence-corrected chi connectivity index (χ0v) is 15.7. The van der Waals surface area contributed by atoms with Gasteiger partial charge in [0, 0.05) is 25.0 Å². The molecule has 1 N–H and O–H groups in total. The molecular weight excluding hydrogens is 342 g/mol. The summed E-state index contributed by atoms with van der Waals surface area (Å²) in [6.45, 7) is 0. The van der Waals surface area contributed by atoms with E-state index in [-0.39, 0.29) is 18.4 Å². The van der Waals surface area contributed by atoms with E-state index in [2.05, 4.69) is 10.3 Å². The highest BCUT2D eigenvalue weighted by Gasteiger charge is 2.22. The van der Waals surface area contributed by atoms with Gasteiger partial charge in [0.15, 0.2) is 0 Å². The Kier molecular flexibility index (Phi) is 5.76. The van der Waals surface area contributed by atoms with Crippen molar-refractivity contribution in [1.29, 1.82) is 0 Å². The molecule has 0 spiro atoms. The molecule has 0 unspecified atom stereocenters. The number of hydrogen-bond acceptors (Lipinski definition) is 4. The summed E-state index contributed by atoms with van der Waals surface area (Å²) in [7, 11) is 5.13. The molecule has 6 nitrogen and oxygen atoms in total. The molecule has 1 atom stereocenters. The van der Waals surface area contributed by atoms with Crippen molar-refractivity contribution in [1.82, 2.24) is 14.9 Å². The van der Waals surface area contributed by atoms with Gasteiger partial charge in [0.1, 0.15) is 23.4 Å². The van der Waals surface area contributed by atoms with Crippen molar-refractivity contribution in [3.63, 3.8) is 0 Å². The second-order valence-corrected chi connectivity index (χ2v) is 6.16. The van der Waals surface area contributed by atoms with Gasteiger partial charge >= 0.3 is 0 Å². The first-order chi connectivity index (χ1) is 13.1. The Bertz CT molecular complexity index is 920. The van der Waals surface area contributed by atoms with Crippen LogP contribution in [0.25, 0.3) is 0 Å². The topological polar surface area (TPSA) is 65.4 Å². The van der Waals surface area contributed by atoms with Gasteiger partial charge in [-0.05, 0) is 23.8 Å². The molecule has 0 saturated heterocycles. The second kappa shape index (κ2) is 8.40. The second-order valence-electron chi connectivity index (χ2n) is 6.16. The van der Waals surface area contributed by atoms with Crippen LogP contribution >= 0.6 is 0 Å². The summed E-state index contributed by atoms with van der Waals surface area (Å²) in [6, 6.07) is 14.7. The fourth-order valence-electron chi connectivity index (χ4n) is 3.01. The molecule has 1 aromatic heterocycles. The average molecular weight is 365 g/mol. The van der Waals surface area contributed by atoms with E-state index in [1.54, 1.807) is 20.4 Å². The maximum atomic E-state index is 12.8. The van der Waals surface area contributed by atoms with E-state index < -0.39 is 0 Å². The number of carbonyl (C=O) groups is 1. The lowest BCUT2D eigenvalue weighted by atomic mass is 10.0. The Morgan fingerprint density at radius 1 is 1.15 bits per heavy atom. The highest BCUT2D eigenvalue weighted by Crippen LogP contribution is 2.25. The number of rotatable bonds is 7. The van der Waals surface area contributed by atoms with Gasteiger partial charge in [0.05, 0.1) is 20.6 Å². The van der Waals surface area contributed by atoms with E-state index in [0.29, 0.717) is 5.75 Å². The lowest BCUT2D eigenvalue weighted by molar-refractivity contribution is -0.121. The Hall–Kier alpha value is -3.28. The molecule has 0 radical (unpaired) electrons. The van der Waals surface area contributed by atoms with Crippen LogP contribution in [0.3, 0.4) is 0 Å². The molecule has 1 heterocycles. The summed E-state index contributed by atoms with van der Waals surface area (Å²) >= 11 is 0. The smallest absolute Gasteiger partial charge is 0.225 e. The van der Waals surface area contributed by atoms with Crippen molar-refractivity contribution in [3.05, 3.63) is 77.9 Å². The first-order valence-electron chi connectivity index (χ1n) is 8.64. The van der Waals surface area contributed by atoms with Crippen LogP contribution in [0, 0.1) is 0 Å². The zero-order valence-electron chi connectivity index (χ0n) is 15.7. The van der Waals surface area contributed by atoms with Gasteiger partial charge in [0.2, 0.25) is 5.91 Å². The van der Waals surface area contributed by atoms with E-state index in [1.807, 2.05) is 66.3 Å². The number of carbonyl (C=O) groups excluding carboxylic acids is 1. The third-order valence-electron chi connectivity index (χ3n) is 4.39. The van der Waals surface area contributed by atoms with Crippen LogP contribution < -0.4 is 14.8 Å². The summed E-state index contributed by atoms with van der Waals surface area (Å²) in [5, 5.41) is 3.09. The normalized spacial score (nSPS) is 11.7.